The van der Waals surface area contributed by atoms with E-state index >= 15 is 0 Å². The van der Waals surface area contributed by atoms with Crippen molar-refractivity contribution in [2.24, 2.45) is 5.73 Å². The summed E-state index contributed by atoms with van der Waals surface area (Å²) in [5, 5.41) is 18.3. The number of nitrogens with one attached hydrogen (secondary N) is 1. The molecule has 3 aromatic rings. The van der Waals surface area contributed by atoms with E-state index in [1.165, 1.54) is 4.90 Å². The predicted molar refractivity (Wildman–Crippen MR) is 174 cm³/mol. The molecule has 1 atom stereocenters. The van der Waals surface area contributed by atoms with Gasteiger partial charge in [-0.05, 0) is 49.2 Å². The lowest BCUT2D eigenvalue weighted by Gasteiger charge is -2.33. The molecule has 10 nitrogen and oxygen atoms in total. The molecule has 2 aliphatic rings. The van der Waals surface area contributed by atoms with Crippen molar-refractivity contribution >= 4 is 35.0 Å². The van der Waals surface area contributed by atoms with E-state index in [2.05, 4.69) is 29.0 Å². The van der Waals surface area contributed by atoms with Crippen molar-refractivity contribution in [3.63, 3.8) is 0 Å². The largest absolute Gasteiger partial charge is 0.395 e. The van der Waals surface area contributed by atoms with E-state index in [-0.39, 0.29) is 13.2 Å². The second kappa shape index (κ2) is 15.2. The maximum Gasteiger partial charge on any atom is 0.311 e. The predicted octanol–water partition coefficient (Wildman–Crippen LogP) is 2.82. The molecule has 12 heteroatoms. The first-order valence-corrected chi connectivity index (χ1v) is 15.9. The fraction of sp³-hybridized carbons (Fsp3) is 0.424. The molecular formula is C33H38Cl2N6O4. The van der Waals surface area contributed by atoms with Crippen LogP contribution in [0.2, 0.25) is 10.0 Å². The zero-order valence-electron chi connectivity index (χ0n) is 25.3. The summed E-state index contributed by atoms with van der Waals surface area (Å²) in [6.07, 6.45) is 1.49. The van der Waals surface area contributed by atoms with Gasteiger partial charge in [0.05, 0.1) is 37.1 Å². The maximum absolute atomic E-state index is 12.5. The zero-order valence-corrected chi connectivity index (χ0v) is 26.8. The molecule has 238 valence electrons. The number of halogens is 2. The van der Waals surface area contributed by atoms with E-state index in [0.29, 0.717) is 47.7 Å². The Bertz CT molecular complexity index is 1610. The molecule has 0 unspecified atom stereocenters. The van der Waals surface area contributed by atoms with Crippen molar-refractivity contribution in [1.82, 2.24) is 24.9 Å². The summed E-state index contributed by atoms with van der Waals surface area (Å²) in [5.74, 6) is 4.72. The van der Waals surface area contributed by atoms with Gasteiger partial charge in [-0.1, -0.05) is 41.1 Å². The first kappa shape index (κ1) is 32.9. The van der Waals surface area contributed by atoms with Crippen LogP contribution in [-0.4, -0.2) is 88.5 Å². The van der Waals surface area contributed by atoms with Gasteiger partial charge in [0.25, 0.3) is 0 Å². The lowest BCUT2D eigenvalue weighted by molar-refractivity contribution is -0.144. The molecule has 0 radical (unpaired) electrons. The number of rotatable bonds is 9. The van der Waals surface area contributed by atoms with E-state index in [9.17, 15) is 9.59 Å². The number of carbonyl (C=O) groups excluding carboxylic acids is 2. The molecule has 0 spiro atoms. The van der Waals surface area contributed by atoms with Gasteiger partial charge in [0.1, 0.15) is 0 Å². The summed E-state index contributed by atoms with van der Waals surface area (Å²) >= 11 is 12.9. The lowest BCUT2D eigenvalue weighted by Crippen LogP contribution is -2.44. The Morgan fingerprint density at radius 2 is 1.96 bits per heavy atom. The molecule has 4 N–H and O–H groups in total. The second-order valence-electron chi connectivity index (χ2n) is 11.3. The Kier molecular flexibility index (Phi) is 11.2. The molecule has 0 saturated carbocycles. The lowest BCUT2D eigenvalue weighted by atomic mass is 9.99. The number of hydrogen-bond donors (Lipinski definition) is 3. The highest BCUT2D eigenvalue weighted by atomic mass is 35.5. The number of carbonyl (C=O) groups is 2. The number of morpholine rings is 1. The Morgan fingerprint density at radius 3 is 2.73 bits per heavy atom. The third-order valence-electron chi connectivity index (χ3n) is 8.18. The average Bonchev–Trinajstić information content (AvgIpc) is 3.40. The van der Waals surface area contributed by atoms with Gasteiger partial charge < -0.3 is 25.8 Å². The molecule has 0 bridgehead atoms. The van der Waals surface area contributed by atoms with Gasteiger partial charge >= 0.3 is 11.8 Å². The fourth-order valence-electron chi connectivity index (χ4n) is 5.75. The van der Waals surface area contributed by atoms with Gasteiger partial charge in [0.2, 0.25) is 0 Å². The van der Waals surface area contributed by atoms with Crippen LogP contribution < -0.4 is 11.1 Å². The number of aromatic nitrogens is 2. The third kappa shape index (κ3) is 8.05. The summed E-state index contributed by atoms with van der Waals surface area (Å²) in [5.41, 5.74) is 11.1. The van der Waals surface area contributed by atoms with Crippen LogP contribution in [0.4, 0.5) is 0 Å². The summed E-state index contributed by atoms with van der Waals surface area (Å²) in [7, 11) is 0. The minimum absolute atomic E-state index is 0.0423. The minimum atomic E-state index is -0.967. The molecular weight excluding hydrogens is 615 g/mol. The van der Waals surface area contributed by atoms with E-state index in [0.717, 1.165) is 72.9 Å². The Hall–Kier alpha value is -3.43. The van der Waals surface area contributed by atoms with Gasteiger partial charge in [0.15, 0.2) is 0 Å². The standard InChI is InChI=1S/C33H38Cl2N6O4/c1-22-21-45-16-14-39(22)11-2-12-41-30-9-13-40(33(44)32(36)43)20-27(30)31(38-41)25-6-8-28(34)24(18-25)5-3-23-4-7-29(35)26(17-23)19-37-10-15-42/h4,6-8,17-18,22,37,42H,2,9-16,19-21H2,1H3,(H2,36,43)/t22-/m0/s1. The zero-order chi connectivity index (χ0) is 31.9. The van der Waals surface area contributed by atoms with Crippen LogP contribution in [0.1, 0.15) is 41.3 Å². The number of nitrogens with two attached hydrogens (primary N) is 1. The first-order valence-electron chi connectivity index (χ1n) is 15.2. The number of aliphatic hydroxyl groups excluding tert-OH is 1. The van der Waals surface area contributed by atoms with Crippen LogP contribution in [0, 0.1) is 11.8 Å². The highest BCUT2D eigenvalue weighted by Crippen LogP contribution is 2.32. The molecule has 1 fully saturated rings. The molecule has 5 rings (SSSR count). The number of ether oxygens (including phenoxy) is 1. The second-order valence-corrected chi connectivity index (χ2v) is 12.1. The van der Waals surface area contributed by atoms with Gasteiger partial charge in [-0.15, -0.1) is 0 Å². The number of nitrogens with zero attached hydrogens (tertiary/aromatic N) is 4. The smallest absolute Gasteiger partial charge is 0.311 e. The molecule has 2 aromatic carbocycles. The SMILES string of the molecule is C[C@H]1COCCN1CCCn1nc(-c2ccc(Cl)c(C#Cc3ccc(Cl)c(CNCCO)c3)c2)c2c1CCN(C(=O)C(N)=O)C2. The van der Waals surface area contributed by atoms with Crippen LogP contribution >= 0.6 is 23.2 Å². The number of primary amides is 1. The molecule has 2 amide bonds. The van der Waals surface area contributed by atoms with Crippen LogP contribution in [0.25, 0.3) is 11.3 Å². The molecule has 45 heavy (non-hydrogen) atoms. The van der Waals surface area contributed by atoms with Crippen molar-refractivity contribution < 1.29 is 19.4 Å². The van der Waals surface area contributed by atoms with Crippen molar-refractivity contribution in [3.8, 4) is 23.1 Å². The van der Waals surface area contributed by atoms with Crippen LogP contribution in [0.5, 0.6) is 0 Å². The van der Waals surface area contributed by atoms with Gasteiger partial charge in [0, 0.05) is 84.7 Å². The summed E-state index contributed by atoms with van der Waals surface area (Å²) < 4.78 is 7.62. The fourth-order valence-corrected chi connectivity index (χ4v) is 6.10. The summed E-state index contributed by atoms with van der Waals surface area (Å²) in [4.78, 5) is 28.2. The number of benzene rings is 2. The maximum atomic E-state index is 12.5. The van der Waals surface area contributed by atoms with Crippen molar-refractivity contribution in [2.75, 3.05) is 46.0 Å². The Balaban J connectivity index is 1.43. The van der Waals surface area contributed by atoms with Crippen LogP contribution in [-0.2, 0) is 40.4 Å². The van der Waals surface area contributed by atoms with Gasteiger partial charge in [-0.25, -0.2) is 0 Å². The minimum Gasteiger partial charge on any atom is -0.395 e. The number of hydrogen-bond acceptors (Lipinski definition) is 7. The molecule has 1 saturated heterocycles. The first-order chi connectivity index (χ1) is 21.7. The quantitative estimate of drug-likeness (QED) is 0.184. The van der Waals surface area contributed by atoms with E-state index < -0.39 is 11.8 Å². The average molecular weight is 654 g/mol. The van der Waals surface area contributed by atoms with Gasteiger partial charge in [-0.2, -0.15) is 5.10 Å². The third-order valence-corrected chi connectivity index (χ3v) is 8.88. The monoisotopic (exact) mass is 652 g/mol. The van der Waals surface area contributed by atoms with E-state index in [4.69, 9.17) is 43.9 Å². The Morgan fingerprint density at radius 1 is 1.13 bits per heavy atom. The number of amides is 2. The molecule has 1 aromatic heterocycles. The highest BCUT2D eigenvalue weighted by molar-refractivity contribution is 6.34. The van der Waals surface area contributed by atoms with Crippen molar-refractivity contribution in [1.29, 1.82) is 0 Å². The Labute approximate surface area is 273 Å². The van der Waals surface area contributed by atoms with Gasteiger partial charge in [-0.3, -0.25) is 19.2 Å². The number of aryl methyl sites for hydroxylation is 1. The normalized spacial score (nSPS) is 16.6. The highest BCUT2D eigenvalue weighted by Gasteiger charge is 2.30. The van der Waals surface area contributed by atoms with E-state index in [1.807, 2.05) is 28.9 Å². The topological polar surface area (TPSA) is 126 Å². The molecule has 0 aliphatic carbocycles. The summed E-state index contributed by atoms with van der Waals surface area (Å²) in [6, 6.07) is 11.6. The van der Waals surface area contributed by atoms with Crippen LogP contribution in [0.15, 0.2) is 36.4 Å². The van der Waals surface area contributed by atoms with Crippen molar-refractivity contribution in [2.45, 2.75) is 45.4 Å². The number of aliphatic hydroxyl groups is 1. The van der Waals surface area contributed by atoms with Crippen molar-refractivity contribution in [3.05, 3.63) is 74.4 Å². The molecule has 3 heterocycles. The van der Waals surface area contributed by atoms with E-state index in [1.54, 1.807) is 12.1 Å². The van der Waals surface area contributed by atoms with Crippen LogP contribution in [0.3, 0.4) is 0 Å². The molecule has 2 aliphatic heterocycles. The number of fused-ring (bicyclic) bond motifs is 1. The summed E-state index contributed by atoms with van der Waals surface area (Å²) in [6.45, 7) is 7.92.